The lowest BCUT2D eigenvalue weighted by Gasteiger charge is -2.08. The molecule has 1 amide bonds. The molecule has 0 fully saturated rings. The number of nitrogens with zero attached hydrogens (tertiary/aromatic N) is 6. The van der Waals surface area contributed by atoms with Gasteiger partial charge in [-0.3, -0.25) is 19.6 Å². The van der Waals surface area contributed by atoms with E-state index in [1.165, 1.54) is 22.6 Å². The quantitative estimate of drug-likeness (QED) is 0.568. The summed E-state index contributed by atoms with van der Waals surface area (Å²) in [6.07, 6.45) is 2.43. The molecule has 2 heterocycles. The van der Waals surface area contributed by atoms with Crippen molar-refractivity contribution in [2.24, 2.45) is 7.05 Å². The van der Waals surface area contributed by atoms with Gasteiger partial charge in [0.15, 0.2) is 5.82 Å². The van der Waals surface area contributed by atoms with Crippen molar-refractivity contribution in [3.63, 3.8) is 0 Å². The highest BCUT2D eigenvalue weighted by molar-refractivity contribution is 6.05. The first kappa shape index (κ1) is 15.9. The molecule has 0 aliphatic carbocycles. The van der Waals surface area contributed by atoms with Crippen molar-refractivity contribution in [1.82, 2.24) is 19.6 Å². The molecular weight excluding hydrogens is 326 g/mol. The van der Waals surface area contributed by atoms with Crippen molar-refractivity contribution in [3.05, 3.63) is 64.1 Å². The minimum absolute atomic E-state index is 0.110. The number of aromatic nitrogens is 4. The second-order valence-electron chi connectivity index (χ2n) is 5.01. The zero-order chi connectivity index (χ0) is 18.0. The third-order valence-electron chi connectivity index (χ3n) is 3.34. The molecule has 0 spiro atoms. The Bertz CT molecular complexity index is 998. The van der Waals surface area contributed by atoms with Crippen LogP contribution in [0.3, 0.4) is 0 Å². The molecule has 25 heavy (non-hydrogen) atoms. The van der Waals surface area contributed by atoms with Crippen molar-refractivity contribution < 1.29 is 9.72 Å². The third kappa shape index (κ3) is 2.93. The number of benzene rings is 1. The van der Waals surface area contributed by atoms with Crippen molar-refractivity contribution in [2.45, 2.75) is 0 Å². The molecule has 1 aromatic carbocycles. The van der Waals surface area contributed by atoms with Crippen molar-refractivity contribution in [3.8, 4) is 11.8 Å². The first-order valence-electron chi connectivity index (χ1n) is 7.04. The number of para-hydroxylation sites is 1. The van der Waals surface area contributed by atoms with E-state index in [9.17, 15) is 20.2 Å². The Balaban J connectivity index is 2.01. The van der Waals surface area contributed by atoms with E-state index in [2.05, 4.69) is 15.5 Å². The van der Waals surface area contributed by atoms with E-state index in [0.717, 1.165) is 6.20 Å². The standard InChI is InChI=1S/C15H11N7O3/c1-20-9-12(22(24)25)13(19-20)15(23)18-14-10(7-16)8-17-21(14)11-5-3-2-4-6-11/h2-6,8-9H,1H3,(H,18,23). The summed E-state index contributed by atoms with van der Waals surface area (Å²) >= 11 is 0. The minimum Gasteiger partial charge on any atom is -0.304 e. The van der Waals surface area contributed by atoms with Crippen LogP contribution in [0.4, 0.5) is 11.5 Å². The zero-order valence-corrected chi connectivity index (χ0v) is 12.9. The number of carbonyl (C=O) groups excluding carboxylic acids is 1. The predicted molar refractivity (Wildman–Crippen MR) is 86.1 cm³/mol. The van der Waals surface area contributed by atoms with E-state index < -0.39 is 16.5 Å². The topological polar surface area (TPSA) is 132 Å². The van der Waals surface area contributed by atoms with Crippen molar-refractivity contribution in [1.29, 1.82) is 5.26 Å². The van der Waals surface area contributed by atoms with Crippen LogP contribution < -0.4 is 5.32 Å². The maximum atomic E-state index is 12.5. The van der Waals surface area contributed by atoms with Crippen LogP contribution in [0.15, 0.2) is 42.7 Å². The summed E-state index contributed by atoms with van der Waals surface area (Å²) in [6, 6.07) is 10.8. The van der Waals surface area contributed by atoms with E-state index in [1.54, 1.807) is 24.3 Å². The van der Waals surface area contributed by atoms with E-state index in [4.69, 9.17) is 0 Å². The van der Waals surface area contributed by atoms with Gasteiger partial charge in [-0.15, -0.1) is 0 Å². The highest BCUT2D eigenvalue weighted by Gasteiger charge is 2.26. The second kappa shape index (κ2) is 6.25. The number of nitriles is 1. The highest BCUT2D eigenvalue weighted by atomic mass is 16.6. The minimum atomic E-state index is -0.804. The lowest BCUT2D eigenvalue weighted by atomic mass is 10.3. The van der Waals surface area contributed by atoms with Gasteiger partial charge in [0.2, 0.25) is 5.69 Å². The fraction of sp³-hybridized carbons (Fsp3) is 0.0667. The Labute approximate surface area is 141 Å². The summed E-state index contributed by atoms with van der Waals surface area (Å²) in [4.78, 5) is 22.8. The lowest BCUT2D eigenvalue weighted by molar-refractivity contribution is -0.385. The summed E-state index contributed by atoms with van der Waals surface area (Å²) in [5, 5.41) is 30.7. The molecule has 124 valence electrons. The van der Waals surface area contributed by atoms with Crippen LogP contribution >= 0.6 is 0 Å². The highest BCUT2D eigenvalue weighted by Crippen LogP contribution is 2.22. The van der Waals surface area contributed by atoms with Gasteiger partial charge in [-0.05, 0) is 12.1 Å². The Morgan fingerprint density at radius 1 is 1.36 bits per heavy atom. The molecule has 3 rings (SSSR count). The van der Waals surface area contributed by atoms with Crippen LogP contribution in [0.2, 0.25) is 0 Å². The molecule has 0 saturated carbocycles. The Hall–Kier alpha value is -4.00. The fourth-order valence-electron chi connectivity index (χ4n) is 2.25. The van der Waals surface area contributed by atoms with Crippen LogP contribution in [0.1, 0.15) is 16.1 Å². The van der Waals surface area contributed by atoms with Gasteiger partial charge < -0.3 is 5.32 Å². The molecule has 2 aromatic heterocycles. The number of nitro groups is 1. The molecule has 0 unspecified atom stereocenters. The number of rotatable bonds is 4. The Morgan fingerprint density at radius 2 is 2.08 bits per heavy atom. The number of nitrogens with one attached hydrogen (secondary N) is 1. The molecule has 0 radical (unpaired) electrons. The normalized spacial score (nSPS) is 10.2. The first-order valence-corrected chi connectivity index (χ1v) is 7.04. The van der Waals surface area contributed by atoms with Crippen molar-refractivity contribution >= 4 is 17.4 Å². The number of hydrogen-bond donors (Lipinski definition) is 1. The molecular formula is C15H11N7O3. The third-order valence-corrected chi connectivity index (χ3v) is 3.34. The number of aryl methyl sites for hydroxylation is 1. The smallest absolute Gasteiger partial charge is 0.304 e. The predicted octanol–water partition coefficient (Wildman–Crippen LogP) is 1.64. The average molecular weight is 337 g/mol. The largest absolute Gasteiger partial charge is 0.320 e. The van der Waals surface area contributed by atoms with Crippen LogP contribution in [0, 0.1) is 21.4 Å². The Morgan fingerprint density at radius 3 is 2.72 bits per heavy atom. The van der Waals surface area contributed by atoms with Gasteiger partial charge in [0, 0.05) is 7.05 Å². The van der Waals surface area contributed by atoms with E-state index >= 15 is 0 Å². The summed E-state index contributed by atoms with van der Waals surface area (Å²) in [7, 11) is 1.47. The van der Waals surface area contributed by atoms with Gasteiger partial charge in [-0.2, -0.15) is 15.5 Å². The first-order chi connectivity index (χ1) is 12.0. The summed E-state index contributed by atoms with van der Waals surface area (Å²) in [5.74, 6) is -0.694. The van der Waals surface area contributed by atoms with Gasteiger partial charge >= 0.3 is 5.69 Å². The lowest BCUT2D eigenvalue weighted by Crippen LogP contribution is -2.18. The fourth-order valence-corrected chi connectivity index (χ4v) is 2.25. The molecule has 10 heteroatoms. The maximum absolute atomic E-state index is 12.5. The molecule has 10 nitrogen and oxygen atoms in total. The van der Waals surface area contributed by atoms with Gasteiger partial charge in [0.05, 0.1) is 16.8 Å². The van der Waals surface area contributed by atoms with Crippen molar-refractivity contribution in [2.75, 3.05) is 5.32 Å². The molecule has 0 aliphatic rings. The SMILES string of the molecule is Cn1cc([N+](=O)[O-])c(C(=O)Nc2c(C#N)cnn2-c2ccccc2)n1. The Kier molecular flexibility index (Phi) is 3.97. The number of anilines is 1. The van der Waals surface area contributed by atoms with Gasteiger partial charge in [0.25, 0.3) is 5.91 Å². The van der Waals surface area contributed by atoms with E-state index in [1.807, 2.05) is 12.1 Å². The number of hydrogen-bond acceptors (Lipinski definition) is 6. The molecule has 0 atom stereocenters. The van der Waals surface area contributed by atoms with Gasteiger partial charge in [-0.1, -0.05) is 18.2 Å². The van der Waals surface area contributed by atoms with Crippen LogP contribution in [0.5, 0.6) is 0 Å². The number of carbonyl (C=O) groups is 1. The average Bonchev–Trinajstić information content (AvgIpc) is 3.19. The summed E-state index contributed by atoms with van der Waals surface area (Å²) in [6.45, 7) is 0. The number of amides is 1. The molecule has 0 aliphatic heterocycles. The van der Waals surface area contributed by atoms with Crippen LogP contribution in [0.25, 0.3) is 5.69 Å². The second-order valence-corrected chi connectivity index (χ2v) is 5.01. The zero-order valence-electron chi connectivity index (χ0n) is 12.9. The molecule has 3 aromatic rings. The van der Waals surface area contributed by atoms with Gasteiger partial charge in [-0.25, -0.2) is 4.68 Å². The molecule has 1 N–H and O–H groups in total. The van der Waals surface area contributed by atoms with Gasteiger partial charge in [0.1, 0.15) is 17.8 Å². The molecule has 0 bridgehead atoms. The monoisotopic (exact) mass is 337 g/mol. The summed E-state index contributed by atoms with van der Waals surface area (Å²) in [5.41, 5.74) is -0.0351. The maximum Gasteiger partial charge on any atom is 0.320 e. The van der Waals surface area contributed by atoms with Crippen LogP contribution in [-0.2, 0) is 7.05 Å². The van der Waals surface area contributed by atoms with E-state index in [-0.39, 0.29) is 17.1 Å². The van der Waals surface area contributed by atoms with E-state index in [0.29, 0.717) is 5.69 Å². The summed E-state index contributed by atoms with van der Waals surface area (Å²) < 4.78 is 2.54. The van der Waals surface area contributed by atoms with Crippen LogP contribution in [-0.4, -0.2) is 30.4 Å². The molecule has 0 saturated heterocycles.